The molecule has 5 rings (SSSR count). The van der Waals surface area contributed by atoms with E-state index in [-0.39, 0.29) is 11.1 Å². The van der Waals surface area contributed by atoms with Crippen LogP contribution in [0.1, 0.15) is 28.3 Å². The second-order valence-electron chi connectivity index (χ2n) is 8.68. The first kappa shape index (κ1) is 24.5. The third kappa shape index (κ3) is 4.01. The zero-order chi connectivity index (χ0) is 26.4. The van der Waals surface area contributed by atoms with Gasteiger partial charge in [0.15, 0.2) is 16.6 Å². The number of aliphatic hydroxyl groups is 1. The summed E-state index contributed by atoms with van der Waals surface area (Å²) in [4.78, 5) is 33.0. The van der Waals surface area contributed by atoms with E-state index >= 15 is 0 Å². The number of aliphatic hydroxyl groups excluding tert-OH is 1. The minimum Gasteiger partial charge on any atom is -0.507 e. The molecule has 1 N–H and O–H groups in total. The highest BCUT2D eigenvalue weighted by Crippen LogP contribution is 2.48. The van der Waals surface area contributed by atoms with Crippen LogP contribution in [0.4, 0.5) is 9.52 Å². The molecular weight excluding hydrogens is 495 g/mol. The normalized spacial score (nSPS) is 17.0. The Morgan fingerprint density at radius 2 is 1.78 bits per heavy atom. The summed E-state index contributed by atoms with van der Waals surface area (Å²) in [5.41, 5.74) is 3.18. The number of ether oxygens (including phenoxy) is 2. The van der Waals surface area contributed by atoms with Gasteiger partial charge in [-0.25, -0.2) is 9.37 Å². The van der Waals surface area contributed by atoms with Crippen LogP contribution >= 0.6 is 11.3 Å². The maximum absolute atomic E-state index is 13.6. The van der Waals surface area contributed by atoms with Crippen molar-refractivity contribution in [3.63, 3.8) is 0 Å². The van der Waals surface area contributed by atoms with Gasteiger partial charge in [-0.1, -0.05) is 29.5 Å². The van der Waals surface area contributed by atoms with Gasteiger partial charge in [-0.05, 0) is 61.4 Å². The number of halogens is 1. The molecule has 1 saturated heterocycles. The van der Waals surface area contributed by atoms with Gasteiger partial charge in [0.1, 0.15) is 17.6 Å². The Bertz CT molecular complexity index is 1590. The fourth-order valence-electron chi connectivity index (χ4n) is 4.68. The van der Waals surface area contributed by atoms with Crippen LogP contribution in [0.2, 0.25) is 0 Å². The Balaban J connectivity index is 1.80. The van der Waals surface area contributed by atoms with E-state index in [9.17, 15) is 19.1 Å². The molecule has 3 aromatic carbocycles. The highest BCUT2D eigenvalue weighted by Gasteiger charge is 2.49. The van der Waals surface area contributed by atoms with Gasteiger partial charge in [0, 0.05) is 11.1 Å². The van der Waals surface area contributed by atoms with Crippen molar-refractivity contribution in [1.29, 1.82) is 0 Å². The number of carbonyl (C=O) groups excluding carboxylic acids is 2. The lowest BCUT2D eigenvalue weighted by Crippen LogP contribution is -2.29. The highest BCUT2D eigenvalue weighted by molar-refractivity contribution is 7.22. The molecule has 0 aliphatic carbocycles. The van der Waals surface area contributed by atoms with Gasteiger partial charge in [0.25, 0.3) is 5.78 Å². The van der Waals surface area contributed by atoms with Crippen molar-refractivity contribution in [2.75, 3.05) is 19.1 Å². The SMILES string of the molecule is COc1cccc([C@H]2C(=C(O)c3ccc(F)cc3)C(=O)C(=O)N2c2nc3c(C)cc(C)cc3s2)c1OC. The number of rotatable bonds is 5. The number of benzene rings is 3. The molecule has 0 unspecified atom stereocenters. The predicted octanol–water partition coefficient (Wildman–Crippen LogP) is 5.70. The van der Waals surface area contributed by atoms with E-state index < -0.39 is 29.3 Å². The van der Waals surface area contributed by atoms with Gasteiger partial charge in [-0.2, -0.15) is 0 Å². The molecule has 0 bridgehead atoms. The quantitative estimate of drug-likeness (QED) is 0.207. The van der Waals surface area contributed by atoms with E-state index in [1.807, 2.05) is 26.0 Å². The number of amides is 1. The first-order valence-corrected chi connectivity index (χ1v) is 12.2. The van der Waals surface area contributed by atoms with Crippen molar-refractivity contribution in [2.24, 2.45) is 0 Å². The Kier molecular flexibility index (Phi) is 6.16. The van der Waals surface area contributed by atoms with Crippen molar-refractivity contribution < 1.29 is 28.6 Å². The van der Waals surface area contributed by atoms with E-state index in [0.717, 1.165) is 21.3 Å². The number of carbonyl (C=O) groups is 2. The van der Waals surface area contributed by atoms with Crippen molar-refractivity contribution in [2.45, 2.75) is 19.9 Å². The smallest absolute Gasteiger partial charge is 0.301 e. The van der Waals surface area contributed by atoms with Gasteiger partial charge in [-0.15, -0.1) is 0 Å². The summed E-state index contributed by atoms with van der Waals surface area (Å²) in [6.45, 7) is 3.91. The summed E-state index contributed by atoms with van der Waals surface area (Å²) in [5, 5.41) is 11.6. The van der Waals surface area contributed by atoms with E-state index in [2.05, 4.69) is 0 Å². The fraction of sp³-hybridized carbons (Fsp3) is 0.179. The topological polar surface area (TPSA) is 89.0 Å². The molecule has 2 heterocycles. The van der Waals surface area contributed by atoms with Gasteiger partial charge >= 0.3 is 5.91 Å². The maximum Gasteiger partial charge on any atom is 0.301 e. The molecule has 0 radical (unpaired) electrons. The largest absolute Gasteiger partial charge is 0.507 e. The van der Waals surface area contributed by atoms with E-state index in [1.54, 1.807) is 18.2 Å². The summed E-state index contributed by atoms with van der Waals surface area (Å²) < 4.78 is 25.5. The Morgan fingerprint density at radius 3 is 2.46 bits per heavy atom. The van der Waals surface area contributed by atoms with Crippen LogP contribution in [0.25, 0.3) is 16.0 Å². The Hall–Kier alpha value is -4.24. The molecule has 1 aliphatic rings. The summed E-state index contributed by atoms with van der Waals surface area (Å²) in [5.74, 6) is -1.95. The standard InChI is InChI=1S/C28H23FN2O5S/c1-14-12-15(2)22-20(13-14)37-28(30-22)31-23(18-6-5-7-19(35-3)26(18)36-4)21(25(33)27(31)34)24(32)16-8-10-17(29)11-9-16/h5-13,23,32H,1-4H3/t23-/m0/s1. The lowest BCUT2D eigenvalue weighted by Gasteiger charge is -2.25. The number of hydrogen-bond donors (Lipinski definition) is 1. The van der Waals surface area contributed by atoms with Gasteiger partial charge in [0.2, 0.25) is 0 Å². The van der Waals surface area contributed by atoms with Crippen molar-refractivity contribution in [3.05, 3.63) is 88.2 Å². The summed E-state index contributed by atoms with van der Waals surface area (Å²) >= 11 is 1.28. The lowest BCUT2D eigenvalue weighted by molar-refractivity contribution is -0.132. The number of methoxy groups -OCH3 is 2. The first-order chi connectivity index (χ1) is 17.7. The number of ketones is 1. The van der Waals surface area contributed by atoms with Crippen LogP contribution in [0.15, 0.2) is 60.2 Å². The third-order valence-electron chi connectivity index (χ3n) is 6.31. The molecule has 0 spiro atoms. The van der Waals surface area contributed by atoms with Crippen LogP contribution in [-0.4, -0.2) is 36.0 Å². The second kappa shape index (κ2) is 9.33. The molecule has 1 aromatic heterocycles. The highest BCUT2D eigenvalue weighted by atomic mass is 32.1. The van der Waals surface area contributed by atoms with Gasteiger partial charge in [0.05, 0.1) is 30.0 Å². The second-order valence-corrected chi connectivity index (χ2v) is 9.69. The summed E-state index contributed by atoms with van der Waals surface area (Å²) in [6, 6.07) is 13.0. The van der Waals surface area contributed by atoms with E-state index in [1.165, 1.54) is 54.7 Å². The molecule has 7 nitrogen and oxygen atoms in total. The molecule has 1 fully saturated rings. The lowest BCUT2D eigenvalue weighted by atomic mass is 9.94. The number of Topliss-reactive ketones (excluding diaryl/α,β-unsaturated/α-hetero) is 1. The number of hydrogen-bond acceptors (Lipinski definition) is 7. The zero-order valence-corrected chi connectivity index (χ0v) is 21.4. The monoisotopic (exact) mass is 518 g/mol. The predicted molar refractivity (Wildman–Crippen MR) is 140 cm³/mol. The third-order valence-corrected chi connectivity index (χ3v) is 7.32. The zero-order valence-electron chi connectivity index (χ0n) is 20.5. The first-order valence-electron chi connectivity index (χ1n) is 11.4. The molecule has 37 heavy (non-hydrogen) atoms. The Labute approximate surface area is 216 Å². The molecule has 9 heteroatoms. The number of anilines is 1. The molecule has 0 saturated carbocycles. The molecule has 188 valence electrons. The number of aromatic nitrogens is 1. The molecular formula is C28H23FN2O5S. The average Bonchev–Trinajstić information content (AvgIpc) is 3.42. The molecule has 1 aliphatic heterocycles. The van der Waals surface area contributed by atoms with Crippen molar-refractivity contribution in [3.8, 4) is 11.5 Å². The summed E-state index contributed by atoms with van der Waals surface area (Å²) in [7, 11) is 2.94. The van der Waals surface area contributed by atoms with Crippen molar-refractivity contribution >= 4 is 44.1 Å². The van der Waals surface area contributed by atoms with E-state index in [4.69, 9.17) is 14.5 Å². The summed E-state index contributed by atoms with van der Waals surface area (Å²) in [6.07, 6.45) is 0. The average molecular weight is 519 g/mol. The van der Waals surface area contributed by atoms with Crippen molar-refractivity contribution in [1.82, 2.24) is 4.98 Å². The number of para-hydroxylation sites is 1. The number of aryl methyl sites for hydroxylation is 2. The number of thiazole rings is 1. The molecule has 4 aromatic rings. The fourth-order valence-corrected chi connectivity index (χ4v) is 5.84. The van der Waals surface area contributed by atoms with Gasteiger partial charge in [-0.3, -0.25) is 14.5 Å². The van der Waals surface area contributed by atoms with Crippen LogP contribution in [0, 0.1) is 19.7 Å². The molecule has 1 atom stereocenters. The molecule has 1 amide bonds. The Morgan fingerprint density at radius 1 is 1.05 bits per heavy atom. The van der Waals surface area contributed by atoms with Crippen LogP contribution < -0.4 is 14.4 Å². The van der Waals surface area contributed by atoms with Gasteiger partial charge < -0.3 is 14.6 Å². The van der Waals surface area contributed by atoms with Crippen LogP contribution in [0.5, 0.6) is 11.5 Å². The van der Waals surface area contributed by atoms with Crippen LogP contribution in [-0.2, 0) is 9.59 Å². The minimum absolute atomic E-state index is 0.157. The number of fused-ring (bicyclic) bond motifs is 1. The van der Waals surface area contributed by atoms with E-state index in [0.29, 0.717) is 22.2 Å². The minimum atomic E-state index is -1.07. The maximum atomic E-state index is 13.6. The number of nitrogens with zero attached hydrogens (tertiary/aromatic N) is 2. The van der Waals surface area contributed by atoms with Crippen LogP contribution in [0.3, 0.4) is 0 Å².